The van der Waals surface area contributed by atoms with Gasteiger partial charge in [-0.3, -0.25) is 10.1 Å². The van der Waals surface area contributed by atoms with Gasteiger partial charge in [-0.2, -0.15) is 0 Å². The SMILES string of the molecule is O=[N+]([O-])c1ccc(Cl)cc1C=CCBr. The van der Waals surface area contributed by atoms with Gasteiger partial charge in [0.2, 0.25) is 0 Å². The van der Waals surface area contributed by atoms with E-state index in [9.17, 15) is 10.1 Å². The van der Waals surface area contributed by atoms with Crippen molar-refractivity contribution in [2.45, 2.75) is 0 Å². The monoisotopic (exact) mass is 275 g/mol. The zero-order valence-corrected chi connectivity index (χ0v) is 9.46. The molecule has 0 aromatic heterocycles. The van der Waals surface area contributed by atoms with Crippen molar-refractivity contribution < 1.29 is 4.92 Å². The number of hydrogen-bond acceptors (Lipinski definition) is 2. The summed E-state index contributed by atoms with van der Waals surface area (Å²) in [6, 6.07) is 4.47. The number of allylic oxidation sites excluding steroid dienone is 1. The highest BCUT2D eigenvalue weighted by Crippen LogP contribution is 2.23. The van der Waals surface area contributed by atoms with Crippen LogP contribution < -0.4 is 0 Å². The van der Waals surface area contributed by atoms with Crippen LogP contribution in [0.15, 0.2) is 24.3 Å². The standard InChI is InChI=1S/C9H7BrClNO2/c10-5-1-2-7-6-8(11)3-4-9(7)12(13)14/h1-4,6H,5H2. The van der Waals surface area contributed by atoms with Crippen LogP contribution in [0, 0.1) is 10.1 Å². The zero-order valence-electron chi connectivity index (χ0n) is 7.11. The van der Waals surface area contributed by atoms with E-state index in [-0.39, 0.29) is 5.69 Å². The first-order chi connectivity index (χ1) is 6.65. The fraction of sp³-hybridized carbons (Fsp3) is 0.111. The molecule has 0 spiro atoms. The molecule has 5 heteroatoms. The maximum Gasteiger partial charge on any atom is 0.276 e. The average Bonchev–Trinajstić information content (AvgIpc) is 2.14. The Balaban J connectivity index is 3.15. The Labute approximate surface area is 94.7 Å². The highest BCUT2D eigenvalue weighted by Gasteiger charge is 2.10. The second-order valence-electron chi connectivity index (χ2n) is 2.52. The van der Waals surface area contributed by atoms with Crippen LogP contribution in [-0.2, 0) is 0 Å². The Morgan fingerprint density at radius 3 is 2.86 bits per heavy atom. The van der Waals surface area contributed by atoms with Crippen molar-refractivity contribution in [3.8, 4) is 0 Å². The summed E-state index contributed by atoms with van der Waals surface area (Å²) >= 11 is 8.93. The maximum atomic E-state index is 10.6. The highest BCUT2D eigenvalue weighted by molar-refractivity contribution is 9.09. The van der Waals surface area contributed by atoms with E-state index in [0.29, 0.717) is 15.9 Å². The van der Waals surface area contributed by atoms with Gasteiger partial charge in [-0.15, -0.1) is 0 Å². The molecule has 0 unspecified atom stereocenters. The van der Waals surface area contributed by atoms with Gasteiger partial charge in [0, 0.05) is 16.4 Å². The number of halogens is 2. The smallest absolute Gasteiger partial charge is 0.258 e. The first kappa shape index (κ1) is 11.2. The minimum absolute atomic E-state index is 0.0617. The van der Waals surface area contributed by atoms with E-state index < -0.39 is 4.92 Å². The van der Waals surface area contributed by atoms with Crippen LogP contribution in [0.1, 0.15) is 5.56 Å². The molecule has 1 rings (SSSR count). The summed E-state index contributed by atoms with van der Waals surface area (Å²) in [7, 11) is 0. The zero-order chi connectivity index (χ0) is 10.6. The van der Waals surface area contributed by atoms with Gasteiger partial charge < -0.3 is 0 Å². The van der Waals surface area contributed by atoms with E-state index >= 15 is 0 Å². The van der Waals surface area contributed by atoms with E-state index in [1.165, 1.54) is 12.1 Å². The van der Waals surface area contributed by atoms with E-state index in [2.05, 4.69) is 15.9 Å². The molecule has 0 atom stereocenters. The Morgan fingerprint density at radius 2 is 2.29 bits per heavy atom. The average molecular weight is 277 g/mol. The van der Waals surface area contributed by atoms with Crippen molar-refractivity contribution in [2.75, 3.05) is 5.33 Å². The fourth-order valence-electron chi connectivity index (χ4n) is 0.997. The quantitative estimate of drug-likeness (QED) is 0.480. The van der Waals surface area contributed by atoms with Crippen LogP contribution in [0.5, 0.6) is 0 Å². The molecule has 0 bridgehead atoms. The molecule has 74 valence electrons. The molecular weight excluding hydrogens is 269 g/mol. The molecule has 0 radical (unpaired) electrons. The number of nitro groups is 1. The molecule has 14 heavy (non-hydrogen) atoms. The number of benzene rings is 1. The summed E-state index contributed by atoms with van der Waals surface area (Å²) in [5.74, 6) is 0. The van der Waals surface area contributed by atoms with Gasteiger partial charge in [0.1, 0.15) is 0 Å². The van der Waals surface area contributed by atoms with Crippen molar-refractivity contribution in [3.05, 3.63) is 45.0 Å². The third-order valence-corrected chi connectivity index (χ3v) is 2.18. The van der Waals surface area contributed by atoms with Gasteiger partial charge in [0.25, 0.3) is 5.69 Å². The number of nitrogens with zero attached hydrogens (tertiary/aromatic N) is 1. The lowest BCUT2D eigenvalue weighted by Gasteiger charge is -1.97. The van der Waals surface area contributed by atoms with Crippen LogP contribution in [0.4, 0.5) is 5.69 Å². The normalized spacial score (nSPS) is 10.7. The molecule has 0 aliphatic heterocycles. The van der Waals surface area contributed by atoms with Gasteiger partial charge in [-0.1, -0.05) is 39.7 Å². The van der Waals surface area contributed by atoms with Crippen LogP contribution in [0.25, 0.3) is 6.08 Å². The number of hydrogen-bond donors (Lipinski definition) is 0. The molecule has 0 amide bonds. The third-order valence-electron chi connectivity index (χ3n) is 1.57. The molecular formula is C9H7BrClNO2. The van der Waals surface area contributed by atoms with Crippen LogP contribution in [-0.4, -0.2) is 10.3 Å². The molecule has 0 heterocycles. The lowest BCUT2D eigenvalue weighted by atomic mass is 10.1. The van der Waals surface area contributed by atoms with Crippen molar-refractivity contribution in [2.24, 2.45) is 0 Å². The van der Waals surface area contributed by atoms with Gasteiger partial charge in [-0.25, -0.2) is 0 Å². The van der Waals surface area contributed by atoms with Gasteiger partial charge in [0.05, 0.1) is 10.5 Å². The largest absolute Gasteiger partial charge is 0.276 e. The number of rotatable bonds is 3. The second-order valence-corrected chi connectivity index (χ2v) is 3.60. The molecule has 1 aromatic carbocycles. The lowest BCUT2D eigenvalue weighted by Crippen LogP contribution is -1.90. The molecule has 0 saturated carbocycles. The van der Waals surface area contributed by atoms with Crippen LogP contribution >= 0.6 is 27.5 Å². The van der Waals surface area contributed by atoms with Crippen molar-refractivity contribution in [3.63, 3.8) is 0 Å². The van der Waals surface area contributed by atoms with Crippen molar-refractivity contribution in [1.82, 2.24) is 0 Å². The third kappa shape index (κ3) is 2.82. The van der Waals surface area contributed by atoms with Gasteiger partial charge >= 0.3 is 0 Å². The first-order valence-electron chi connectivity index (χ1n) is 3.81. The van der Waals surface area contributed by atoms with E-state index in [4.69, 9.17) is 11.6 Å². The van der Waals surface area contributed by atoms with Gasteiger partial charge in [-0.05, 0) is 12.1 Å². The Kier molecular flexibility index (Phi) is 4.10. The molecule has 1 aromatic rings. The number of alkyl halides is 1. The topological polar surface area (TPSA) is 43.1 Å². The van der Waals surface area contributed by atoms with Crippen molar-refractivity contribution >= 4 is 39.3 Å². The molecule has 0 aliphatic carbocycles. The minimum Gasteiger partial charge on any atom is -0.258 e. The Hall–Kier alpha value is -0.870. The number of nitro benzene ring substituents is 1. The summed E-state index contributed by atoms with van der Waals surface area (Å²) in [6.07, 6.45) is 3.44. The fourth-order valence-corrected chi connectivity index (χ4v) is 1.36. The lowest BCUT2D eigenvalue weighted by molar-refractivity contribution is -0.385. The van der Waals surface area contributed by atoms with Crippen LogP contribution in [0.2, 0.25) is 5.02 Å². The molecule has 0 fully saturated rings. The summed E-state index contributed by atoms with van der Waals surface area (Å²) in [6.45, 7) is 0. The molecule has 0 saturated heterocycles. The Morgan fingerprint density at radius 1 is 1.57 bits per heavy atom. The van der Waals surface area contributed by atoms with Crippen molar-refractivity contribution in [1.29, 1.82) is 0 Å². The molecule has 0 aliphatic rings. The summed E-state index contributed by atoms with van der Waals surface area (Å²) in [5, 5.41) is 11.8. The molecule has 0 N–H and O–H groups in total. The Bertz CT molecular complexity index is 379. The van der Waals surface area contributed by atoms with Gasteiger partial charge in [0.15, 0.2) is 0 Å². The maximum absolute atomic E-state index is 10.6. The van der Waals surface area contributed by atoms with E-state index in [1.54, 1.807) is 18.2 Å². The predicted molar refractivity (Wildman–Crippen MR) is 60.9 cm³/mol. The van der Waals surface area contributed by atoms with E-state index in [1.807, 2.05) is 0 Å². The highest BCUT2D eigenvalue weighted by atomic mass is 79.9. The molecule has 3 nitrogen and oxygen atoms in total. The van der Waals surface area contributed by atoms with Crippen LogP contribution in [0.3, 0.4) is 0 Å². The second kappa shape index (κ2) is 5.12. The predicted octanol–water partition coefficient (Wildman–Crippen LogP) is 3.66. The minimum atomic E-state index is -0.426. The summed E-state index contributed by atoms with van der Waals surface area (Å²) in [5.41, 5.74) is 0.577. The van der Waals surface area contributed by atoms with E-state index in [0.717, 1.165) is 0 Å². The summed E-state index contributed by atoms with van der Waals surface area (Å²) < 4.78 is 0. The summed E-state index contributed by atoms with van der Waals surface area (Å²) in [4.78, 5) is 10.2. The first-order valence-corrected chi connectivity index (χ1v) is 5.31.